The van der Waals surface area contributed by atoms with Crippen LogP contribution in [-0.2, 0) is 11.2 Å². The van der Waals surface area contributed by atoms with Crippen LogP contribution in [-0.4, -0.2) is 29.1 Å². The molecule has 2 aromatic heterocycles. The molecule has 1 amide bonds. The molecule has 0 spiro atoms. The molecule has 1 N–H and O–H groups in total. The Morgan fingerprint density at radius 2 is 1.90 bits per heavy atom. The topological polar surface area (TPSA) is 73.3 Å². The van der Waals surface area contributed by atoms with Gasteiger partial charge in [0.1, 0.15) is 22.7 Å². The summed E-state index contributed by atoms with van der Waals surface area (Å²) in [6.45, 7) is 0.901. The number of fused-ring (bicyclic) bond motifs is 2. The predicted molar refractivity (Wildman–Crippen MR) is 117 cm³/mol. The second kappa shape index (κ2) is 8.31. The number of nitrogens with one attached hydrogen (secondary N) is 1. The third-order valence-corrected chi connectivity index (χ3v) is 5.88. The number of carbonyl (C=O) groups is 1. The average molecular weight is 435 g/mol. The summed E-state index contributed by atoms with van der Waals surface area (Å²) in [6, 6.07) is 11.9. The maximum absolute atomic E-state index is 13.3. The molecule has 0 bridgehead atoms. The summed E-state index contributed by atoms with van der Waals surface area (Å²) in [4.78, 5) is 20.9. The van der Waals surface area contributed by atoms with Gasteiger partial charge in [-0.05, 0) is 41.5 Å². The molecule has 0 unspecified atom stereocenters. The Balaban J connectivity index is 1.22. The second-order valence-corrected chi connectivity index (χ2v) is 7.97. The molecule has 31 heavy (non-hydrogen) atoms. The number of halogens is 1. The van der Waals surface area contributed by atoms with Crippen LogP contribution >= 0.6 is 11.3 Å². The van der Waals surface area contributed by atoms with Gasteiger partial charge in [0.2, 0.25) is 11.8 Å². The predicted octanol–water partition coefficient (Wildman–Crippen LogP) is 4.84. The molecule has 156 valence electrons. The zero-order valence-corrected chi connectivity index (χ0v) is 17.2. The fraction of sp³-hybridized carbons (Fsp3) is 0.174. The first-order valence-corrected chi connectivity index (χ1v) is 10.7. The van der Waals surface area contributed by atoms with Gasteiger partial charge in [-0.3, -0.25) is 4.79 Å². The Morgan fingerprint density at radius 1 is 1.06 bits per heavy atom. The number of anilines is 1. The van der Waals surface area contributed by atoms with E-state index >= 15 is 0 Å². The van der Waals surface area contributed by atoms with Gasteiger partial charge in [-0.1, -0.05) is 12.1 Å². The summed E-state index contributed by atoms with van der Waals surface area (Å²) >= 11 is 1.50. The quantitative estimate of drug-likeness (QED) is 0.421. The fourth-order valence-corrected chi connectivity index (χ4v) is 4.42. The molecule has 0 aliphatic carbocycles. The Labute approximate surface area is 181 Å². The molecule has 8 heteroatoms. The first-order valence-electron chi connectivity index (χ1n) is 9.84. The Kier molecular flexibility index (Phi) is 5.21. The lowest BCUT2D eigenvalue weighted by molar-refractivity contribution is -0.115. The number of amides is 1. The van der Waals surface area contributed by atoms with E-state index in [1.807, 2.05) is 23.6 Å². The molecule has 1 aliphatic heterocycles. The van der Waals surface area contributed by atoms with Gasteiger partial charge < -0.3 is 14.8 Å². The van der Waals surface area contributed by atoms with Gasteiger partial charge in [-0.25, -0.2) is 14.4 Å². The molecular weight excluding hydrogens is 417 g/mol. The minimum absolute atomic E-state index is 0.00477. The van der Waals surface area contributed by atoms with Crippen LogP contribution in [0.25, 0.3) is 21.3 Å². The van der Waals surface area contributed by atoms with Gasteiger partial charge >= 0.3 is 0 Å². The van der Waals surface area contributed by atoms with Crippen LogP contribution < -0.4 is 14.8 Å². The van der Waals surface area contributed by atoms with Crippen LogP contribution in [0.2, 0.25) is 0 Å². The number of aromatic nitrogens is 2. The van der Waals surface area contributed by atoms with Crippen molar-refractivity contribution in [2.24, 2.45) is 0 Å². The summed E-state index contributed by atoms with van der Waals surface area (Å²) in [5.41, 5.74) is 3.61. The molecule has 0 radical (unpaired) electrons. The number of nitrogens with zero attached hydrogens (tertiary/aromatic N) is 2. The lowest BCUT2D eigenvalue weighted by Gasteiger charge is -2.10. The van der Waals surface area contributed by atoms with E-state index in [9.17, 15) is 9.18 Å². The third-order valence-electron chi connectivity index (χ3n) is 4.99. The Bertz CT molecular complexity index is 1260. The lowest BCUT2D eigenvalue weighted by atomic mass is 10.1. The van der Waals surface area contributed by atoms with Gasteiger partial charge in [0.05, 0.1) is 25.0 Å². The van der Waals surface area contributed by atoms with Crippen LogP contribution in [0, 0.1) is 5.82 Å². The van der Waals surface area contributed by atoms with Crippen LogP contribution in [0.15, 0.2) is 54.2 Å². The maximum atomic E-state index is 13.3. The largest absolute Gasteiger partial charge is 0.493 e. The van der Waals surface area contributed by atoms with Crippen molar-refractivity contribution in [1.29, 1.82) is 0 Å². The van der Waals surface area contributed by atoms with Crippen LogP contribution in [0.1, 0.15) is 12.0 Å². The van der Waals surface area contributed by atoms with Crippen molar-refractivity contribution in [2.45, 2.75) is 12.8 Å². The van der Waals surface area contributed by atoms with Crippen molar-refractivity contribution in [3.63, 3.8) is 0 Å². The van der Waals surface area contributed by atoms with Gasteiger partial charge in [0, 0.05) is 23.1 Å². The van der Waals surface area contributed by atoms with Gasteiger partial charge in [0.15, 0.2) is 0 Å². The first-order chi connectivity index (χ1) is 15.2. The lowest BCUT2D eigenvalue weighted by Crippen LogP contribution is -2.06. The number of hydrogen-bond donors (Lipinski definition) is 1. The normalized spacial score (nSPS) is 12.6. The fourth-order valence-electron chi connectivity index (χ4n) is 3.51. The Hall–Kier alpha value is -3.52. The highest BCUT2D eigenvalue weighted by Gasteiger charge is 2.18. The molecule has 5 rings (SSSR count). The van der Waals surface area contributed by atoms with Crippen molar-refractivity contribution >= 4 is 33.1 Å². The van der Waals surface area contributed by atoms with Gasteiger partial charge in [-0.15, -0.1) is 11.3 Å². The highest BCUT2D eigenvalue weighted by Crippen LogP contribution is 2.37. The van der Waals surface area contributed by atoms with E-state index in [4.69, 9.17) is 9.47 Å². The maximum Gasteiger partial charge on any atom is 0.228 e. The zero-order valence-electron chi connectivity index (χ0n) is 16.4. The van der Waals surface area contributed by atoms with Crippen LogP contribution in [0.3, 0.4) is 0 Å². The smallest absolute Gasteiger partial charge is 0.228 e. The Morgan fingerprint density at radius 3 is 2.77 bits per heavy atom. The molecule has 1 aliphatic rings. The van der Waals surface area contributed by atoms with Crippen molar-refractivity contribution in [3.8, 4) is 22.8 Å². The molecule has 6 nitrogen and oxygen atoms in total. The summed E-state index contributed by atoms with van der Waals surface area (Å²) < 4.78 is 25.0. The minimum Gasteiger partial charge on any atom is -0.493 e. The molecule has 3 heterocycles. The van der Waals surface area contributed by atoms with Crippen molar-refractivity contribution in [3.05, 3.63) is 65.6 Å². The van der Waals surface area contributed by atoms with Crippen LogP contribution in [0.4, 0.5) is 10.1 Å². The molecule has 2 aromatic carbocycles. The van der Waals surface area contributed by atoms with Crippen molar-refractivity contribution in [2.75, 3.05) is 18.5 Å². The van der Waals surface area contributed by atoms with E-state index in [1.165, 1.54) is 29.8 Å². The molecule has 0 atom stereocenters. The van der Waals surface area contributed by atoms with E-state index in [2.05, 4.69) is 15.3 Å². The van der Waals surface area contributed by atoms with Crippen molar-refractivity contribution in [1.82, 2.24) is 9.97 Å². The number of ether oxygens (including phenoxy) is 2. The molecule has 0 fully saturated rings. The summed E-state index contributed by atoms with van der Waals surface area (Å²) in [6.07, 6.45) is 2.53. The van der Waals surface area contributed by atoms with E-state index in [1.54, 1.807) is 12.1 Å². The summed E-state index contributed by atoms with van der Waals surface area (Å²) in [7, 11) is 0. The molecular formula is C23H18FN3O3S. The molecule has 4 aromatic rings. The standard InChI is InChI=1S/C23H18FN3O3S/c24-16-4-2-14(3-5-16)18-12-31-23-21(18)22(25-13-26-23)30-9-1-8-29-17-6-7-19-15(10-17)11-20(28)27-19/h2-7,10,12-13H,1,8-9,11H2,(H,27,28). The SMILES string of the molecule is O=C1Cc2cc(OCCCOc3ncnc4scc(-c5ccc(F)cc5)c34)ccc2N1. The third kappa shape index (κ3) is 4.06. The van der Waals surface area contributed by atoms with E-state index < -0.39 is 0 Å². The molecule has 0 saturated carbocycles. The monoisotopic (exact) mass is 435 g/mol. The number of hydrogen-bond acceptors (Lipinski definition) is 6. The van der Waals surface area contributed by atoms with E-state index in [0.717, 1.165) is 38.3 Å². The summed E-state index contributed by atoms with van der Waals surface area (Å²) in [5, 5.41) is 5.62. The number of carbonyl (C=O) groups excluding carboxylic acids is 1. The number of rotatable bonds is 7. The van der Waals surface area contributed by atoms with Gasteiger partial charge in [0.25, 0.3) is 0 Å². The number of benzene rings is 2. The van der Waals surface area contributed by atoms with Crippen molar-refractivity contribution < 1.29 is 18.7 Å². The zero-order chi connectivity index (χ0) is 21.2. The van der Waals surface area contributed by atoms with E-state index in [-0.39, 0.29) is 11.7 Å². The minimum atomic E-state index is -0.276. The van der Waals surface area contributed by atoms with Crippen LogP contribution in [0.5, 0.6) is 11.6 Å². The summed E-state index contributed by atoms with van der Waals surface area (Å²) in [5.74, 6) is 0.969. The number of thiophene rings is 1. The average Bonchev–Trinajstić information content (AvgIpc) is 3.37. The van der Waals surface area contributed by atoms with E-state index in [0.29, 0.717) is 31.9 Å². The first kappa shape index (κ1) is 19.4. The highest BCUT2D eigenvalue weighted by molar-refractivity contribution is 7.17. The van der Waals surface area contributed by atoms with Gasteiger partial charge in [-0.2, -0.15) is 0 Å². The highest BCUT2D eigenvalue weighted by atomic mass is 32.1. The second-order valence-electron chi connectivity index (χ2n) is 7.11. The molecule has 0 saturated heterocycles.